The lowest BCUT2D eigenvalue weighted by Gasteiger charge is -2.02. The normalized spacial score (nSPS) is 10.8. The molecular formula is C21H14N2O3. The Morgan fingerprint density at radius 3 is 2.15 bits per heavy atom. The molecule has 1 heterocycles. The average Bonchev–Trinajstić information content (AvgIpc) is 3.11. The van der Waals surface area contributed by atoms with E-state index in [1.807, 2.05) is 30.3 Å². The Kier molecular flexibility index (Phi) is 3.82. The minimum atomic E-state index is -0.986. The Hall–Kier alpha value is -3.73. The van der Waals surface area contributed by atoms with Crippen LogP contribution in [-0.4, -0.2) is 26.8 Å². The summed E-state index contributed by atoms with van der Waals surface area (Å²) in [4.78, 5) is 31.2. The maximum atomic E-state index is 12.5. The molecule has 0 spiro atoms. The number of rotatable bonds is 4. The number of H-pyrrole nitrogens is 1. The molecule has 26 heavy (non-hydrogen) atoms. The molecule has 5 nitrogen and oxygen atoms in total. The largest absolute Gasteiger partial charge is 0.478 e. The fourth-order valence-electron chi connectivity index (χ4n) is 2.81. The van der Waals surface area contributed by atoms with Crippen LogP contribution in [0.3, 0.4) is 0 Å². The van der Waals surface area contributed by atoms with Gasteiger partial charge in [-0.15, -0.1) is 0 Å². The average molecular weight is 342 g/mol. The van der Waals surface area contributed by atoms with Crippen LogP contribution in [0.4, 0.5) is 0 Å². The molecule has 126 valence electrons. The third-order valence-electron chi connectivity index (χ3n) is 4.19. The number of ketones is 1. The number of hydrogen-bond donors (Lipinski definition) is 2. The molecule has 1 aromatic heterocycles. The van der Waals surface area contributed by atoms with E-state index in [1.54, 1.807) is 30.3 Å². The summed E-state index contributed by atoms with van der Waals surface area (Å²) in [5.74, 6) is -0.394. The van der Waals surface area contributed by atoms with Gasteiger partial charge in [-0.3, -0.25) is 4.79 Å². The number of aromatic amines is 1. The van der Waals surface area contributed by atoms with Crippen LogP contribution >= 0.6 is 0 Å². The number of nitrogens with one attached hydrogen (secondary N) is 1. The second-order valence-electron chi connectivity index (χ2n) is 5.89. The van der Waals surface area contributed by atoms with E-state index in [2.05, 4.69) is 9.97 Å². The number of carbonyl (C=O) groups excluding carboxylic acids is 1. The number of benzene rings is 3. The molecule has 0 fully saturated rings. The first kappa shape index (κ1) is 15.8. The van der Waals surface area contributed by atoms with Gasteiger partial charge in [-0.05, 0) is 18.2 Å². The highest BCUT2D eigenvalue weighted by atomic mass is 16.4. The first-order valence-corrected chi connectivity index (χ1v) is 8.05. The van der Waals surface area contributed by atoms with Gasteiger partial charge in [0.1, 0.15) is 5.82 Å². The number of carboxylic acids is 1. The van der Waals surface area contributed by atoms with E-state index in [0.717, 1.165) is 11.1 Å². The smallest absolute Gasteiger partial charge is 0.335 e. The minimum absolute atomic E-state index is 0.0344. The van der Waals surface area contributed by atoms with Crippen molar-refractivity contribution in [3.63, 3.8) is 0 Å². The van der Waals surface area contributed by atoms with Crippen LogP contribution in [0.15, 0.2) is 72.8 Å². The van der Waals surface area contributed by atoms with Crippen molar-refractivity contribution in [1.82, 2.24) is 9.97 Å². The molecule has 5 heteroatoms. The Morgan fingerprint density at radius 2 is 1.46 bits per heavy atom. The zero-order valence-corrected chi connectivity index (χ0v) is 13.6. The number of carbonyl (C=O) groups is 2. The van der Waals surface area contributed by atoms with Crippen molar-refractivity contribution >= 4 is 22.8 Å². The summed E-state index contributed by atoms with van der Waals surface area (Å²) in [7, 11) is 0. The monoisotopic (exact) mass is 342 g/mol. The molecule has 4 rings (SSSR count). The van der Waals surface area contributed by atoms with Gasteiger partial charge in [0.05, 0.1) is 16.6 Å². The summed E-state index contributed by atoms with van der Waals surface area (Å²) < 4.78 is 0. The van der Waals surface area contributed by atoms with Gasteiger partial charge in [-0.1, -0.05) is 54.6 Å². The fourth-order valence-corrected chi connectivity index (χ4v) is 2.81. The molecule has 0 atom stereocenters. The van der Waals surface area contributed by atoms with E-state index in [0.29, 0.717) is 22.5 Å². The Labute approximate surface area is 149 Å². The van der Waals surface area contributed by atoms with Crippen LogP contribution in [0.1, 0.15) is 26.3 Å². The third-order valence-corrected chi connectivity index (χ3v) is 4.19. The van der Waals surface area contributed by atoms with Gasteiger partial charge in [-0.25, -0.2) is 9.78 Å². The van der Waals surface area contributed by atoms with E-state index in [4.69, 9.17) is 5.11 Å². The highest BCUT2D eigenvalue weighted by Crippen LogP contribution is 2.22. The molecule has 0 aliphatic carbocycles. The zero-order chi connectivity index (χ0) is 18.1. The van der Waals surface area contributed by atoms with Gasteiger partial charge in [0.25, 0.3) is 0 Å². The van der Waals surface area contributed by atoms with Crippen molar-refractivity contribution in [1.29, 1.82) is 0 Å². The van der Waals surface area contributed by atoms with E-state index >= 15 is 0 Å². The van der Waals surface area contributed by atoms with Crippen molar-refractivity contribution in [3.8, 4) is 11.4 Å². The van der Waals surface area contributed by atoms with E-state index in [1.165, 1.54) is 12.1 Å². The van der Waals surface area contributed by atoms with E-state index in [9.17, 15) is 9.59 Å². The van der Waals surface area contributed by atoms with Gasteiger partial charge in [0.15, 0.2) is 5.78 Å². The molecule has 2 N–H and O–H groups in total. The highest BCUT2D eigenvalue weighted by molar-refractivity contribution is 6.09. The van der Waals surface area contributed by atoms with Crippen molar-refractivity contribution in [2.75, 3.05) is 0 Å². The van der Waals surface area contributed by atoms with Crippen molar-refractivity contribution in [2.24, 2.45) is 0 Å². The number of imidazole rings is 1. The molecule has 0 saturated carbocycles. The Balaban J connectivity index is 1.65. The van der Waals surface area contributed by atoms with Crippen LogP contribution in [0.5, 0.6) is 0 Å². The molecule has 0 amide bonds. The molecule has 4 aromatic rings. The van der Waals surface area contributed by atoms with Gasteiger partial charge >= 0.3 is 5.97 Å². The topological polar surface area (TPSA) is 83.0 Å². The predicted molar refractivity (Wildman–Crippen MR) is 98.4 cm³/mol. The first-order chi connectivity index (χ1) is 12.6. The molecule has 0 radical (unpaired) electrons. The molecule has 3 aromatic carbocycles. The maximum absolute atomic E-state index is 12.5. The molecule has 0 saturated heterocycles. The van der Waals surface area contributed by atoms with Crippen LogP contribution in [0.2, 0.25) is 0 Å². The molecule has 0 aliphatic heterocycles. The van der Waals surface area contributed by atoms with E-state index < -0.39 is 5.97 Å². The van der Waals surface area contributed by atoms with Gasteiger partial charge in [0.2, 0.25) is 0 Å². The lowest BCUT2D eigenvalue weighted by Crippen LogP contribution is -2.00. The number of fused-ring (bicyclic) bond motifs is 1. The summed E-state index contributed by atoms with van der Waals surface area (Å²) in [6.45, 7) is 0. The predicted octanol–water partition coefficient (Wildman–Crippen LogP) is 4.16. The summed E-state index contributed by atoms with van der Waals surface area (Å²) in [5.41, 5.74) is 3.61. The molecule has 0 bridgehead atoms. The Morgan fingerprint density at radius 1 is 0.808 bits per heavy atom. The molecule has 0 unspecified atom stereocenters. The fraction of sp³-hybridized carbons (Fsp3) is 0. The number of carboxylic acid groups (broad SMARTS) is 1. The second-order valence-corrected chi connectivity index (χ2v) is 5.89. The van der Waals surface area contributed by atoms with Crippen molar-refractivity contribution < 1.29 is 14.7 Å². The Bertz CT molecular complexity index is 1110. The zero-order valence-electron chi connectivity index (χ0n) is 13.6. The van der Waals surface area contributed by atoms with Gasteiger partial charge in [0, 0.05) is 16.7 Å². The van der Waals surface area contributed by atoms with Crippen LogP contribution in [0, 0.1) is 0 Å². The lowest BCUT2D eigenvalue weighted by atomic mass is 10.0. The number of aromatic carboxylic acids is 1. The highest BCUT2D eigenvalue weighted by Gasteiger charge is 2.11. The van der Waals surface area contributed by atoms with Gasteiger partial charge < -0.3 is 10.1 Å². The van der Waals surface area contributed by atoms with E-state index in [-0.39, 0.29) is 11.3 Å². The second kappa shape index (κ2) is 6.29. The number of nitrogens with zero attached hydrogens (tertiary/aromatic N) is 1. The lowest BCUT2D eigenvalue weighted by molar-refractivity contribution is 0.0697. The van der Waals surface area contributed by atoms with Gasteiger partial charge in [-0.2, -0.15) is 0 Å². The minimum Gasteiger partial charge on any atom is -0.478 e. The third kappa shape index (κ3) is 2.86. The number of hydrogen-bond acceptors (Lipinski definition) is 3. The van der Waals surface area contributed by atoms with Crippen molar-refractivity contribution in [2.45, 2.75) is 0 Å². The summed E-state index contributed by atoms with van der Waals surface area (Å²) in [6.07, 6.45) is 0. The first-order valence-electron chi connectivity index (χ1n) is 8.05. The van der Waals surface area contributed by atoms with Crippen LogP contribution < -0.4 is 0 Å². The maximum Gasteiger partial charge on any atom is 0.335 e. The number of aromatic nitrogens is 2. The summed E-state index contributed by atoms with van der Waals surface area (Å²) in [6, 6.07) is 21.1. The van der Waals surface area contributed by atoms with Crippen LogP contribution in [0.25, 0.3) is 22.4 Å². The van der Waals surface area contributed by atoms with Crippen molar-refractivity contribution in [3.05, 3.63) is 89.5 Å². The standard InChI is InChI=1S/C21H14N2O3/c24-19(13-4-2-1-3-5-13)14-6-8-15(9-7-14)20-22-17-11-10-16(21(25)26)12-18(17)23-20/h1-12H,(H,22,23)(H,25,26). The summed E-state index contributed by atoms with van der Waals surface area (Å²) >= 11 is 0. The van der Waals surface area contributed by atoms with Crippen LogP contribution in [-0.2, 0) is 0 Å². The summed E-state index contributed by atoms with van der Waals surface area (Å²) in [5, 5.41) is 9.07. The SMILES string of the molecule is O=C(O)c1ccc2[nH]c(-c3ccc(C(=O)c4ccccc4)cc3)nc2c1. The molecular weight excluding hydrogens is 328 g/mol. The molecule has 0 aliphatic rings. The quantitative estimate of drug-likeness (QED) is 0.546.